The van der Waals surface area contributed by atoms with Crippen molar-refractivity contribution < 1.29 is 18.6 Å². The van der Waals surface area contributed by atoms with Crippen LogP contribution in [0.1, 0.15) is 65.2 Å². The maximum absolute atomic E-state index is 12.7. The van der Waals surface area contributed by atoms with Crippen LogP contribution in [0.4, 0.5) is 5.95 Å². The Bertz CT molecular complexity index is 1410. The molecule has 1 aromatic carbocycles. The number of ether oxygens (including phenoxy) is 1. The quantitative estimate of drug-likeness (QED) is 0.411. The van der Waals surface area contributed by atoms with Crippen molar-refractivity contribution in [2.24, 2.45) is 5.92 Å². The standard InChI is InChI=1S/C27H35N6O5P/c1-5-18-19(37-39-33-13-9-12-20(33)27(4,38-39)17-10-7-6-8-11-17)14-21(36-18)32-15-28-22-23(32)29-26(31-25(22)35)30-24(34)16(2)3/h6-8,10-11,15-16,18-21H,5,9,12-14H2,1-4H3,(H2,29,30,31,34,35)/t18-,19?,20-,21-,27+,39-/m1/s1. The molecule has 2 N–H and O–H groups in total. The number of nitrogens with one attached hydrogen (secondary N) is 2. The number of imidazole rings is 1. The van der Waals surface area contributed by atoms with E-state index in [0.29, 0.717) is 12.1 Å². The summed E-state index contributed by atoms with van der Waals surface area (Å²) in [5, 5.41) is 2.67. The molecule has 3 fully saturated rings. The second kappa shape index (κ2) is 10.4. The summed E-state index contributed by atoms with van der Waals surface area (Å²) < 4.78 is 24.1. The van der Waals surface area contributed by atoms with Crippen LogP contribution in [0.15, 0.2) is 41.5 Å². The number of hydrogen-bond acceptors (Lipinski definition) is 8. The summed E-state index contributed by atoms with van der Waals surface area (Å²) in [6, 6.07) is 10.7. The highest BCUT2D eigenvalue weighted by Gasteiger charge is 2.56. The highest BCUT2D eigenvalue weighted by molar-refractivity contribution is 7.45. The van der Waals surface area contributed by atoms with Gasteiger partial charge in [0.15, 0.2) is 11.2 Å². The number of fused-ring (bicyclic) bond motifs is 2. The van der Waals surface area contributed by atoms with Gasteiger partial charge >= 0.3 is 0 Å². The zero-order valence-electron chi connectivity index (χ0n) is 22.7. The predicted octanol–water partition coefficient (Wildman–Crippen LogP) is 4.43. The molecule has 39 heavy (non-hydrogen) atoms. The number of carbonyl (C=O) groups excluding carboxylic acids is 1. The van der Waals surface area contributed by atoms with Gasteiger partial charge < -0.3 is 13.8 Å². The average Bonchev–Trinajstić information content (AvgIpc) is 3.70. The molecule has 0 saturated carbocycles. The van der Waals surface area contributed by atoms with Gasteiger partial charge in [-0.25, -0.2) is 9.65 Å². The lowest BCUT2D eigenvalue weighted by atomic mass is 9.87. The van der Waals surface area contributed by atoms with Crippen molar-refractivity contribution in [1.29, 1.82) is 0 Å². The maximum Gasteiger partial charge on any atom is 0.280 e. The van der Waals surface area contributed by atoms with E-state index in [9.17, 15) is 9.59 Å². The minimum absolute atomic E-state index is 0.0915. The molecule has 1 unspecified atom stereocenters. The van der Waals surface area contributed by atoms with Crippen LogP contribution < -0.4 is 10.9 Å². The van der Waals surface area contributed by atoms with Gasteiger partial charge in [-0.15, -0.1) is 0 Å². The molecular weight excluding hydrogens is 519 g/mol. The first-order chi connectivity index (χ1) is 18.8. The molecule has 3 aliphatic heterocycles. The fourth-order valence-corrected chi connectivity index (χ4v) is 7.94. The number of nitrogens with zero attached hydrogens (tertiary/aromatic N) is 4. The second-order valence-electron chi connectivity index (χ2n) is 10.9. The lowest BCUT2D eigenvalue weighted by Gasteiger charge is -2.29. The van der Waals surface area contributed by atoms with E-state index in [4.69, 9.17) is 13.8 Å². The molecule has 208 valence electrons. The number of carbonyl (C=O) groups is 1. The van der Waals surface area contributed by atoms with Crippen LogP contribution in [0.5, 0.6) is 0 Å². The molecule has 2 aromatic heterocycles. The molecule has 12 heteroatoms. The van der Waals surface area contributed by atoms with Gasteiger partial charge in [-0.3, -0.25) is 24.5 Å². The topological polar surface area (TPSA) is 124 Å². The summed E-state index contributed by atoms with van der Waals surface area (Å²) in [7, 11) is -1.27. The van der Waals surface area contributed by atoms with Crippen molar-refractivity contribution in [3.8, 4) is 0 Å². The van der Waals surface area contributed by atoms with E-state index < -0.39 is 25.9 Å². The SMILES string of the molecule is CC[C@H]1O[C@@H](n2cnc3c(=O)[nH]c(NC(=O)C(C)C)nc32)CC1O[P@]1O[C@@](C)(c2ccccc2)[C@H]2CCCN21. The van der Waals surface area contributed by atoms with Gasteiger partial charge in [0, 0.05) is 18.9 Å². The maximum atomic E-state index is 12.7. The Morgan fingerprint density at radius 2 is 2.13 bits per heavy atom. The molecule has 5 heterocycles. The first-order valence-electron chi connectivity index (χ1n) is 13.7. The third-order valence-corrected chi connectivity index (χ3v) is 9.89. The number of anilines is 1. The van der Waals surface area contributed by atoms with Gasteiger partial charge in [0.25, 0.3) is 14.1 Å². The number of hydrogen-bond donors (Lipinski definition) is 2. The summed E-state index contributed by atoms with van der Waals surface area (Å²) in [4.78, 5) is 36.3. The molecule has 1 amide bonds. The van der Waals surface area contributed by atoms with Gasteiger partial charge in [0.05, 0.1) is 24.6 Å². The van der Waals surface area contributed by atoms with Gasteiger partial charge in [-0.05, 0) is 31.7 Å². The van der Waals surface area contributed by atoms with Gasteiger partial charge in [-0.2, -0.15) is 4.98 Å². The molecule has 3 saturated heterocycles. The predicted molar refractivity (Wildman–Crippen MR) is 147 cm³/mol. The Kier molecular flexibility index (Phi) is 7.05. The molecule has 0 bridgehead atoms. The molecule has 6 atom stereocenters. The molecule has 6 rings (SSSR count). The van der Waals surface area contributed by atoms with E-state index in [0.717, 1.165) is 25.8 Å². The number of H-pyrrole nitrogens is 1. The second-order valence-corrected chi connectivity index (χ2v) is 12.3. The van der Waals surface area contributed by atoms with Gasteiger partial charge in [-0.1, -0.05) is 51.1 Å². The van der Waals surface area contributed by atoms with Crippen LogP contribution in [0.25, 0.3) is 11.2 Å². The van der Waals surface area contributed by atoms with E-state index in [-0.39, 0.29) is 41.5 Å². The van der Waals surface area contributed by atoms with Crippen LogP contribution in [-0.2, 0) is 24.2 Å². The average molecular weight is 555 g/mol. The summed E-state index contributed by atoms with van der Waals surface area (Å²) >= 11 is 0. The summed E-state index contributed by atoms with van der Waals surface area (Å²) in [6.45, 7) is 8.76. The van der Waals surface area contributed by atoms with E-state index in [2.05, 4.69) is 63.1 Å². The van der Waals surface area contributed by atoms with Crippen molar-refractivity contribution in [3.05, 3.63) is 52.6 Å². The number of benzene rings is 1. The van der Waals surface area contributed by atoms with Gasteiger partial charge in [0.1, 0.15) is 11.8 Å². The minimum Gasteiger partial charge on any atom is -0.352 e. The number of rotatable bonds is 7. The fraction of sp³-hybridized carbons (Fsp3) is 0.556. The van der Waals surface area contributed by atoms with Crippen LogP contribution in [0, 0.1) is 5.92 Å². The van der Waals surface area contributed by atoms with Crippen molar-refractivity contribution in [2.45, 2.75) is 83.5 Å². The summed E-state index contributed by atoms with van der Waals surface area (Å²) in [5.74, 6) is -0.397. The lowest BCUT2D eigenvalue weighted by Crippen LogP contribution is -2.36. The molecular formula is C27H35N6O5P. The van der Waals surface area contributed by atoms with Crippen molar-refractivity contribution in [3.63, 3.8) is 0 Å². The Hall–Kier alpha value is -2.69. The normalized spacial score (nSPS) is 30.8. The number of aromatic amines is 1. The third-order valence-electron chi connectivity index (χ3n) is 8.00. The van der Waals surface area contributed by atoms with Crippen molar-refractivity contribution in [1.82, 2.24) is 24.2 Å². The lowest BCUT2D eigenvalue weighted by molar-refractivity contribution is -0.118. The number of aromatic nitrogens is 4. The smallest absolute Gasteiger partial charge is 0.280 e. The van der Waals surface area contributed by atoms with Crippen LogP contribution >= 0.6 is 8.53 Å². The van der Waals surface area contributed by atoms with Crippen LogP contribution in [0.3, 0.4) is 0 Å². The molecule has 11 nitrogen and oxygen atoms in total. The first kappa shape index (κ1) is 26.5. The first-order valence-corrected chi connectivity index (χ1v) is 14.8. The Morgan fingerprint density at radius 3 is 2.87 bits per heavy atom. The van der Waals surface area contributed by atoms with Gasteiger partial charge in [0.2, 0.25) is 11.9 Å². The molecule has 3 aliphatic rings. The van der Waals surface area contributed by atoms with E-state index >= 15 is 0 Å². The van der Waals surface area contributed by atoms with Crippen LogP contribution in [0.2, 0.25) is 0 Å². The monoisotopic (exact) mass is 554 g/mol. The Morgan fingerprint density at radius 1 is 1.33 bits per heavy atom. The van der Waals surface area contributed by atoms with E-state index in [1.54, 1.807) is 24.7 Å². The summed E-state index contributed by atoms with van der Waals surface area (Å²) in [5.41, 5.74) is 0.883. The number of amides is 1. The Labute approximate surface area is 228 Å². The third kappa shape index (κ3) is 4.70. The highest BCUT2D eigenvalue weighted by Crippen LogP contribution is 2.64. The molecule has 3 aromatic rings. The summed E-state index contributed by atoms with van der Waals surface area (Å²) in [6.07, 6.45) is 4.34. The largest absolute Gasteiger partial charge is 0.352 e. The molecule has 0 aliphatic carbocycles. The van der Waals surface area contributed by atoms with E-state index in [1.807, 2.05) is 6.07 Å². The van der Waals surface area contributed by atoms with Crippen molar-refractivity contribution >= 4 is 31.5 Å². The highest BCUT2D eigenvalue weighted by atomic mass is 31.2. The fourth-order valence-electron chi connectivity index (χ4n) is 5.80. The molecule has 0 spiro atoms. The van der Waals surface area contributed by atoms with E-state index in [1.165, 1.54) is 5.56 Å². The zero-order chi connectivity index (χ0) is 27.3. The molecule has 0 radical (unpaired) electrons. The Balaban J connectivity index is 1.23. The zero-order valence-corrected chi connectivity index (χ0v) is 23.6. The minimum atomic E-state index is -1.27. The van der Waals surface area contributed by atoms with Crippen molar-refractivity contribution in [2.75, 3.05) is 11.9 Å². The van der Waals surface area contributed by atoms with Crippen LogP contribution in [-0.4, -0.2) is 54.9 Å².